The summed E-state index contributed by atoms with van der Waals surface area (Å²) in [6.45, 7) is 1.20. The van der Waals surface area contributed by atoms with Crippen LogP contribution >= 0.6 is 0 Å². The number of hydrogen-bond acceptors (Lipinski definition) is 6. The van der Waals surface area contributed by atoms with Crippen molar-refractivity contribution in [3.8, 4) is 5.75 Å². The zero-order valence-corrected chi connectivity index (χ0v) is 21.2. The Bertz CT molecular complexity index is 1410. The van der Waals surface area contributed by atoms with Gasteiger partial charge in [-0.05, 0) is 5.92 Å². The molecule has 0 saturated carbocycles. The minimum Gasteiger partial charge on any atom is -0.481 e. The largest absolute Gasteiger partial charge is 0.481 e. The fourth-order valence-electron chi connectivity index (χ4n) is 3.19. The second kappa shape index (κ2) is 13.7. The van der Waals surface area contributed by atoms with Crippen LogP contribution in [0.1, 0.15) is 20.3 Å². The van der Waals surface area contributed by atoms with Gasteiger partial charge in [-0.15, -0.1) is 0 Å². The molecule has 0 aliphatic carbocycles. The maximum Gasteiger partial charge on any atom is 0.313 e. The molecule has 0 radical (unpaired) electrons. The number of rotatable bonds is 11. The molecule has 10 nitrogen and oxygen atoms in total. The van der Waals surface area contributed by atoms with Crippen LogP contribution in [0.5, 0.6) is 5.75 Å². The van der Waals surface area contributed by atoms with Crippen LogP contribution in [0.15, 0.2) is 12.1 Å². The fourth-order valence-corrected chi connectivity index (χ4v) is 3.19. The van der Waals surface area contributed by atoms with Gasteiger partial charge in [0.15, 0.2) is 46.4 Å². The Hall–Kier alpha value is -4.77. The van der Waals surface area contributed by atoms with Crippen LogP contribution < -0.4 is 20.7 Å². The first-order valence-corrected chi connectivity index (χ1v) is 11.4. The summed E-state index contributed by atoms with van der Waals surface area (Å²) in [6, 6.07) is -3.84. The van der Waals surface area contributed by atoms with Crippen molar-refractivity contribution < 1.29 is 68.9 Å². The highest BCUT2D eigenvalue weighted by atomic mass is 19.2. The second-order valence-electron chi connectivity index (χ2n) is 8.71. The van der Waals surface area contributed by atoms with E-state index in [2.05, 4.69) is 4.74 Å². The van der Waals surface area contributed by atoms with Gasteiger partial charge in [0.1, 0.15) is 18.7 Å². The van der Waals surface area contributed by atoms with Crippen molar-refractivity contribution in [2.45, 2.75) is 32.4 Å². The van der Waals surface area contributed by atoms with Crippen LogP contribution in [0.25, 0.3) is 0 Å². The molecule has 0 unspecified atom stereocenters. The van der Waals surface area contributed by atoms with Crippen molar-refractivity contribution in [1.29, 1.82) is 0 Å². The molecular weight excluding hydrogens is 594 g/mol. The summed E-state index contributed by atoms with van der Waals surface area (Å²) in [5, 5.41) is 14.3. The molecule has 0 spiro atoms. The van der Waals surface area contributed by atoms with E-state index >= 15 is 0 Å². The van der Waals surface area contributed by atoms with Gasteiger partial charge in [0.05, 0.1) is 12.1 Å². The summed E-state index contributed by atoms with van der Waals surface area (Å²) in [7, 11) is 0. The highest BCUT2D eigenvalue weighted by Crippen LogP contribution is 2.26. The van der Waals surface area contributed by atoms with E-state index in [9.17, 15) is 59.1 Å². The van der Waals surface area contributed by atoms with Gasteiger partial charge in [0.25, 0.3) is 0 Å². The van der Waals surface area contributed by atoms with Gasteiger partial charge in [-0.1, -0.05) is 13.8 Å². The molecule has 0 heterocycles. The lowest BCUT2D eigenvalue weighted by molar-refractivity contribution is -0.141. The summed E-state index contributed by atoms with van der Waals surface area (Å²) in [6.07, 6.45) is -1.16. The van der Waals surface area contributed by atoms with E-state index in [-0.39, 0.29) is 12.1 Å². The molecule has 18 heteroatoms. The number of Topliss-reactive ketones (excluding diaryl/α,β-unsaturated/α-hetero) is 1. The minimum absolute atomic E-state index is 0.0334. The Morgan fingerprint density at radius 3 is 1.83 bits per heavy atom. The molecule has 0 saturated heterocycles. The first-order valence-electron chi connectivity index (χ1n) is 11.4. The number of carboxylic acid groups (broad SMARTS) is 1. The molecule has 228 valence electrons. The molecule has 2 aromatic carbocycles. The van der Waals surface area contributed by atoms with Crippen LogP contribution in [0.3, 0.4) is 0 Å². The van der Waals surface area contributed by atoms with Crippen LogP contribution in [0, 0.1) is 52.5 Å². The van der Waals surface area contributed by atoms with E-state index in [1.807, 2.05) is 10.6 Å². The van der Waals surface area contributed by atoms with Crippen molar-refractivity contribution in [3.63, 3.8) is 0 Å². The highest BCUT2D eigenvalue weighted by molar-refractivity contribution is 6.40. The third-order valence-corrected chi connectivity index (χ3v) is 5.31. The van der Waals surface area contributed by atoms with Crippen molar-refractivity contribution in [3.05, 3.63) is 58.7 Å². The van der Waals surface area contributed by atoms with Crippen LogP contribution in [0.2, 0.25) is 0 Å². The molecule has 0 fully saturated rings. The van der Waals surface area contributed by atoms with E-state index in [0.29, 0.717) is 0 Å². The van der Waals surface area contributed by atoms with Crippen LogP contribution in [-0.4, -0.2) is 53.3 Å². The van der Waals surface area contributed by atoms with Gasteiger partial charge in [0.2, 0.25) is 17.5 Å². The van der Waals surface area contributed by atoms with Gasteiger partial charge >= 0.3 is 17.8 Å². The average Bonchev–Trinajstić information content (AvgIpc) is 2.91. The summed E-state index contributed by atoms with van der Waals surface area (Å²) < 4.78 is 112. The summed E-state index contributed by atoms with van der Waals surface area (Å²) in [5.74, 6) is -26.6. The molecule has 0 aromatic heterocycles. The molecule has 4 N–H and O–H groups in total. The number of nitrogens with one attached hydrogen (secondary N) is 3. The Kier molecular flexibility index (Phi) is 10.9. The Morgan fingerprint density at radius 2 is 1.31 bits per heavy atom. The van der Waals surface area contributed by atoms with Crippen molar-refractivity contribution in [1.82, 2.24) is 10.6 Å². The number of carboxylic acids is 1. The van der Waals surface area contributed by atoms with E-state index in [1.165, 1.54) is 19.2 Å². The monoisotopic (exact) mass is 613 g/mol. The number of benzene rings is 2. The number of carbonyl (C=O) groups is 5. The van der Waals surface area contributed by atoms with Crippen molar-refractivity contribution in [2.75, 3.05) is 11.9 Å². The first kappa shape index (κ1) is 33.4. The topological polar surface area (TPSA) is 151 Å². The molecule has 0 aliphatic rings. The van der Waals surface area contributed by atoms with E-state index in [4.69, 9.17) is 5.11 Å². The van der Waals surface area contributed by atoms with Gasteiger partial charge < -0.3 is 25.8 Å². The van der Waals surface area contributed by atoms with E-state index < -0.39 is 118 Å². The zero-order valence-electron chi connectivity index (χ0n) is 21.2. The summed E-state index contributed by atoms with van der Waals surface area (Å²) >= 11 is 0. The molecule has 2 atom stereocenters. The number of anilines is 1. The molecule has 42 heavy (non-hydrogen) atoms. The predicted molar refractivity (Wildman–Crippen MR) is 123 cm³/mol. The molecule has 3 amide bonds. The lowest BCUT2D eigenvalue weighted by atomic mass is 10.0. The maximum absolute atomic E-state index is 13.8. The van der Waals surface area contributed by atoms with Crippen LogP contribution in [0.4, 0.5) is 40.8 Å². The normalized spacial score (nSPS) is 12.4. The SMILES string of the molecule is CC(C)[C@H](NC(=O)C(=O)Nc1cc(F)c(F)c(F)c1F)C(=O)N[C@@H](CC(=O)O)C(=O)COc1c(F)c(F)cc(F)c1F. The van der Waals surface area contributed by atoms with E-state index in [1.54, 1.807) is 0 Å². The lowest BCUT2D eigenvalue weighted by Gasteiger charge is -2.24. The Balaban J connectivity index is 2.17. The van der Waals surface area contributed by atoms with Crippen LogP contribution in [-0.2, 0) is 24.0 Å². The molecular formula is C24H19F8N3O7. The predicted octanol–water partition coefficient (Wildman–Crippen LogP) is 2.49. The van der Waals surface area contributed by atoms with Crippen molar-refractivity contribution >= 4 is 35.2 Å². The molecule has 0 aliphatic heterocycles. The number of halogens is 8. The van der Waals surface area contributed by atoms with Crippen molar-refractivity contribution in [2.24, 2.45) is 5.92 Å². The van der Waals surface area contributed by atoms with Gasteiger partial charge in [-0.2, -0.15) is 8.78 Å². The number of ketones is 1. The first-order chi connectivity index (χ1) is 19.5. The highest BCUT2D eigenvalue weighted by Gasteiger charge is 2.33. The number of amides is 3. The van der Waals surface area contributed by atoms with Gasteiger partial charge in [0, 0.05) is 12.1 Å². The number of ether oxygens (including phenoxy) is 1. The third-order valence-electron chi connectivity index (χ3n) is 5.31. The number of carbonyl (C=O) groups excluding carboxylic acids is 4. The summed E-state index contributed by atoms with van der Waals surface area (Å²) in [4.78, 5) is 60.9. The number of aliphatic carboxylic acids is 1. The zero-order chi connectivity index (χ0) is 32.0. The molecule has 2 aromatic rings. The standard InChI is InChI=1S/C24H19F8N3O7/c1-7(2)20(35-24(41)23(40)34-12-4-10(27)15(28)19(32)18(12)31)22(39)33-11(5-14(37)38)13(36)6-42-21-16(29)8(25)3-9(26)17(21)30/h3-4,7,11,20H,5-6H2,1-2H3,(H,33,39)(H,34,40)(H,35,41)(H,37,38)/t11-,20-/m0/s1. The van der Waals surface area contributed by atoms with Gasteiger partial charge in [-0.3, -0.25) is 24.0 Å². The fraction of sp³-hybridized carbons (Fsp3) is 0.292. The molecule has 2 rings (SSSR count). The lowest BCUT2D eigenvalue weighted by Crippen LogP contribution is -2.56. The molecule has 0 bridgehead atoms. The third kappa shape index (κ3) is 7.91. The number of hydrogen-bond donors (Lipinski definition) is 4. The second-order valence-corrected chi connectivity index (χ2v) is 8.71. The Labute approximate surface area is 230 Å². The Morgan fingerprint density at radius 1 is 0.762 bits per heavy atom. The summed E-state index contributed by atoms with van der Waals surface area (Å²) in [5.41, 5.74) is -1.27. The smallest absolute Gasteiger partial charge is 0.313 e. The average molecular weight is 613 g/mol. The quantitative estimate of drug-likeness (QED) is 0.132. The maximum atomic E-state index is 13.8. The van der Waals surface area contributed by atoms with Gasteiger partial charge in [-0.25, -0.2) is 26.3 Å². The minimum atomic E-state index is -2.30. The van der Waals surface area contributed by atoms with E-state index in [0.717, 1.165) is 0 Å².